The molecule has 0 unspecified atom stereocenters. The molecule has 6 nitrogen and oxygen atoms in total. The van der Waals surface area contributed by atoms with Gasteiger partial charge in [-0.1, -0.05) is 19.4 Å². The lowest BCUT2D eigenvalue weighted by molar-refractivity contribution is -0.131. The molecule has 0 aliphatic carbocycles. The zero-order chi connectivity index (χ0) is 19.8. The van der Waals surface area contributed by atoms with Gasteiger partial charge < -0.3 is 14.7 Å². The fourth-order valence-corrected chi connectivity index (χ4v) is 3.80. The molecule has 1 aromatic rings. The Morgan fingerprint density at radius 2 is 2.22 bits per heavy atom. The number of phenolic OH excluding ortho intramolecular Hbond substituents is 1. The third-order valence-electron chi connectivity index (χ3n) is 5.61. The van der Waals surface area contributed by atoms with E-state index in [-0.39, 0.29) is 11.7 Å². The maximum Gasteiger partial charge on any atom is 0.222 e. The molecule has 1 N–H and O–H groups in total. The summed E-state index contributed by atoms with van der Waals surface area (Å²) in [5.41, 5.74) is 0.899. The number of piperidine rings is 1. The van der Waals surface area contributed by atoms with Crippen LogP contribution in [0, 0.1) is 23.2 Å². The molecule has 2 atom stereocenters. The van der Waals surface area contributed by atoms with Crippen LogP contribution in [0.1, 0.15) is 38.2 Å². The van der Waals surface area contributed by atoms with Crippen LogP contribution in [-0.2, 0) is 11.3 Å². The van der Waals surface area contributed by atoms with Gasteiger partial charge in [-0.05, 0) is 30.9 Å². The second kappa shape index (κ2) is 10.2. The second-order valence-electron chi connectivity index (χ2n) is 7.37. The van der Waals surface area contributed by atoms with E-state index in [1.165, 1.54) is 0 Å². The molecule has 0 spiro atoms. The van der Waals surface area contributed by atoms with Crippen molar-refractivity contribution in [3.63, 3.8) is 0 Å². The maximum absolute atomic E-state index is 12.4. The van der Waals surface area contributed by atoms with Crippen LogP contribution in [-0.4, -0.2) is 54.6 Å². The highest BCUT2D eigenvalue weighted by Crippen LogP contribution is 2.32. The molecule has 0 saturated carbocycles. The van der Waals surface area contributed by atoms with Crippen LogP contribution in [0.4, 0.5) is 0 Å². The van der Waals surface area contributed by atoms with E-state index >= 15 is 0 Å². The Kier molecular flexibility index (Phi) is 7.93. The van der Waals surface area contributed by atoms with Crippen molar-refractivity contribution in [3.8, 4) is 17.6 Å². The molecule has 0 bridgehead atoms. The fourth-order valence-electron chi connectivity index (χ4n) is 3.80. The predicted molar refractivity (Wildman–Crippen MR) is 104 cm³/mol. The maximum atomic E-state index is 12.4. The van der Waals surface area contributed by atoms with Crippen molar-refractivity contribution < 1.29 is 14.6 Å². The number of likely N-dealkylation sites (tertiary alicyclic amines) is 1. The van der Waals surface area contributed by atoms with E-state index in [0.717, 1.165) is 31.5 Å². The van der Waals surface area contributed by atoms with E-state index in [0.29, 0.717) is 43.5 Å². The van der Waals surface area contributed by atoms with Gasteiger partial charge in [0.05, 0.1) is 19.6 Å². The molecule has 6 heteroatoms. The fraction of sp³-hybridized carbons (Fsp3) is 0.619. The number of amides is 1. The molecule has 2 rings (SSSR count). The summed E-state index contributed by atoms with van der Waals surface area (Å²) >= 11 is 0. The molecule has 0 radical (unpaired) electrons. The highest BCUT2D eigenvalue weighted by Gasteiger charge is 2.30. The van der Waals surface area contributed by atoms with E-state index in [1.54, 1.807) is 25.1 Å². The second-order valence-corrected chi connectivity index (χ2v) is 7.37. The van der Waals surface area contributed by atoms with Crippen LogP contribution in [0.5, 0.6) is 11.5 Å². The molecule has 1 saturated heterocycles. The molecular formula is C21H31N3O3. The summed E-state index contributed by atoms with van der Waals surface area (Å²) in [6.07, 6.45) is 2.95. The third kappa shape index (κ3) is 5.86. The molecule has 148 valence electrons. The van der Waals surface area contributed by atoms with Crippen LogP contribution >= 0.6 is 0 Å². The first-order valence-corrected chi connectivity index (χ1v) is 9.67. The predicted octanol–water partition coefficient (Wildman–Crippen LogP) is 3.01. The summed E-state index contributed by atoms with van der Waals surface area (Å²) in [4.78, 5) is 16.4. The molecular weight excluding hydrogens is 342 g/mol. The third-order valence-corrected chi connectivity index (χ3v) is 5.61. The number of carbonyl (C=O) groups excluding carboxylic acids is 1. The van der Waals surface area contributed by atoms with Crippen LogP contribution < -0.4 is 4.74 Å². The van der Waals surface area contributed by atoms with Crippen molar-refractivity contribution in [2.75, 3.05) is 33.8 Å². The van der Waals surface area contributed by atoms with Crippen LogP contribution in [0.3, 0.4) is 0 Å². The number of hydrogen-bond donors (Lipinski definition) is 1. The summed E-state index contributed by atoms with van der Waals surface area (Å²) in [5.74, 6) is 1.90. The highest BCUT2D eigenvalue weighted by molar-refractivity contribution is 5.76. The molecule has 1 fully saturated rings. The van der Waals surface area contributed by atoms with Gasteiger partial charge in [0.25, 0.3) is 0 Å². The minimum atomic E-state index is 0.134. The van der Waals surface area contributed by atoms with Crippen LogP contribution in [0.25, 0.3) is 0 Å². The number of ether oxygens (including phenoxy) is 1. The average molecular weight is 373 g/mol. The Morgan fingerprint density at radius 1 is 1.44 bits per heavy atom. The van der Waals surface area contributed by atoms with E-state index in [2.05, 4.69) is 17.9 Å². The minimum Gasteiger partial charge on any atom is -0.507 e. The molecule has 1 aliphatic rings. The van der Waals surface area contributed by atoms with Gasteiger partial charge in [-0.3, -0.25) is 9.69 Å². The number of benzene rings is 1. The lowest BCUT2D eigenvalue weighted by atomic mass is 9.81. The Balaban J connectivity index is 1.92. The number of nitrogens with zero attached hydrogens (tertiary/aromatic N) is 3. The summed E-state index contributed by atoms with van der Waals surface area (Å²) in [6.45, 7) is 5.23. The number of carbonyl (C=O) groups is 1. The van der Waals surface area contributed by atoms with Gasteiger partial charge in [0.1, 0.15) is 11.5 Å². The number of aromatic hydroxyl groups is 1. The van der Waals surface area contributed by atoms with Crippen molar-refractivity contribution in [2.45, 2.75) is 39.2 Å². The number of hydrogen-bond acceptors (Lipinski definition) is 5. The van der Waals surface area contributed by atoms with E-state index in [1.807, 2.05) is 12.1 Å². The summed E-state index contributed by atoms with van der Waals surface area (Å²) < 4.78 is 5.14. The first-order valence-electron chi connectivity index (χ1n) is 9.67. The van der Waals surface area contributed by atoms with Gasteiger partial charge in [-0.15, -0.1) is 0 Å². The molecule has 1 aromatic carbocycles. The van der Waals surface area contributed by atoms with E-state index in [4.69, 9.17) is 10.00 Å². The lowest BCUT2D eigenvalue weighted by Gasteiger charge is -2.38. The summed E-state index contributed by atoms with van der Waals surface area (Å²) in [7, 11) is 3.37. The number of methoxy groups -OCH3 is 1. The Hall–Kier alpha value is -2.26. The number of phenols is 1. The minimum absolute atomic E-state index is 0.134. The molecule has 1 amide bonds. The van der Waals surface area contributed by atoms with Gasteiger partial charge in [0, 0.05) is 44.7 Å². The Morgan fingerprint density at radius 3 is 2.85 bits per heavy atom. The van der Waals surface area contributed by atoms with Crippen molar-refractivity contribution in [3.05, 3.63) is 23.8 Å². The number of rotatable bonds is 8. The van der Waals surface area contributed by atoms with E-state index < -0.39 is 0 Å². The van der Waals surface area contributed by atoms with Gasteiger partial charge in [0.2, 0.25) is 5.91 Å². The summed E-state index contributed by atoms with van der Waals surface area (Å²) in [5, 5.41) is 18.9. The van der Waals surface area contributed by atoms with Gasteiger partial charge in [-0.25, -0.2) is 0 Å². The molecule has 1 aliphatic heterocycles. The van der Waals surface area contributed by atoms with Gasteiger partial charge in [-0.2, -0.15) is 5.26 Å². The Labute approximate surface area is 162 Å². The quantitative estimate of drug-likeness (QED) is 0.758. The number of nitriles is 1. The summed E-state index contributed by atoms with van der Waals surface area (Å²) in [6, 6.07) is 7.52. The zero-order valence-corrected chi connectivity index (χ0v) is 16.6. The van der Waals surface area contributed by atoms with Crippen molar-refractivity contribution >= 4 is 5.91 Å². The topological polar surface area (TPSA) is 76.8 Å². The SMILES string of the molecule is CC[C@H]1CN(Cc2ccc(OC)cc2O)CC[C@H]1CC(=O)N(C)CCC#N. The monoisotopic (exact) mass is 373 g/mol. The van der Waals surface area contributed by atoms with Crippen molar-refractivity contribution in [1.29, 1.82) is 5.26 Å². The Bertz CT molecular complexity index is 671. The largest absolute Gasteiger partial charge is 0.507 e. The molecule has 0 aromatic heterocycles. The first-order chi connectivity index (χ1) is 13.0. The zero-order valence-electron chi connectivity index (χ0n) is 16.6. The van der Waals surface area contributed by atoms with Crippen molar-refractivity contribution in [1.82, 2.24) is 9.80 Å². The molecule has 1 heterocycles. The lowest BCUT2D eigenvalue weighted by Crippen LogP contribution is -2.42. The van der Waals surface area contributed by atoms with Crippen LogP contribution in [0.2, 0.25) is 0 Å². The first kappa shape index (κ1) is 21.0. The van der Waals surface area contributed by atoms with Gasteiger partial charge >= 0.3 is 0 Å². The van der Waals surface area contributed by atoms with Crippen molar-refractivity contribution in [2.24, 2.45) is 11.8 Å². The average Bonchev–Trinajstić information content (AvgIpc) is 2.68. The van der Waals surface area contributed by atoms with E-state index in [9.17, 15) is 9.90 Å². The normalized spacial score (nSPS) is 20.1. The smallest absolute Gasteiger partial charge is 0.222 e. The highest BCUT2D eigenvalue weighted by atomic mass is 16.5. The van der Waals surface area contributed by atoms with Gasteiger partial charge in [0.15, 0.2) is 0 Å². The standard InChI is InChI=1S/C21H31N3O3/c1-4-16-14-24(15-18-6-7-19(27-3)13-20(18)25)11-8-17(16)12-21(26)23(2)10-5-9-22/h6-7,13,16-17,25H,4-5,8,10-12,14-15H2,1-3H3/t16-,17-/m0/s1. The van der Waals surface area contributed by atoms with Crippen LogP contribution in [0.15, 0.2) is 18.2 Å². The molecule has 27 heavy (non-hydrogen) atoms.